The van der Waals surface area contributed by atoms with Gasteiger partial charge in [-0.25, -0.2) is 4.58 Å². The van der Waals surface area contributed by atoms with E-state index < -0.39 is 0 Å². The molecule has 2 heteroatoms. The van der Waals surface area contributed by atoms with Crippen LogP contribution in [-0.4, -0.2) is 42.4 Å². The van der Waals surface area contributed by atoms with Gasteiger partial charge in [-0.3, -0.25) is 0 Å². The van der Waals surface area contributed by atoms with E-state index in [1.807, 2.05) is 13.8 Å². The standard InChI is InChI=1S/C22H33N2.C2H6/c1-4-22-18(12-14-20-10-6-16-23(20)2)8-5-9-19(22)13-15-21-11-7-17-24(21)3;1-2/h12-15H,4-11,16-17H2,1-3H3;1-2H3/q+1;. The zero-order chi connectivity index (χ0) is 18.9. The smallest absolute Gasteiger partial charge is 0.176 e. The summed E-state index contributed by atoms with van der Waals surface area (Å²) >= 11 is 0. The van der Waals surface area contributed by atoms with E-state index in [2.05, 4.69) is 54.8 Å². The summed E-state index contributed by atoms with van der Waals surface area (Å²) < 4.78 is 2.41. The molecule has 0 radical (unpaired) electrons. The van der Waals surface area contributed by atoms with E-state index in [0.717, 1.165) is 6.42 Å². The molecule has 0 amide bonds. The van der Waals surface area contributed by atoms with Crippen molar-refractivity contribution in [3.63, 3.8) is 0 Å². The van der Waals surface area contributed by atoms with Crippen LogP contribution in [0.1, 0.15) is 72.1 Å². The Morgan fingerprint density at radius 2 is 1.77 bits per heavy atom. The summed E-state index contributed by atoms with van der Waals surface area (Å²) in [6, 6.07) is 0. The Hall–Kier alpha value is -1.57. The number of rotatable bonds is 4. The van der Waals surface area contributed by atoms with Gasteiger partial charge in [-0.1, -0.05) is 32.9 Å². The van der Waals surface area contributed by atoms with Gasteiger partial charge in [0.25, 0.3) is 0 Å². The second-order valence-electron chi connectivity index (χ2n) is 7.44. The number of likely N-dealkylation sites (tertiary alicyclic amines) is 1. The Kier molecular flexibility index (Phi) is 8.41. The van der Waals surface area contributed by atoms with Crippen molar-refractivity contribution in [2.24, 2.45) is 0 Å². The highest BCUT2D eigenvalue weighted by atomic mass is 15.1. The highest BCUT2D eigenvalue weighted by Gasteiger charge is 2.18. The first-order valence-corrected chi connectivity index (χ1v) is 10.8. The Morgan fingerprint density at radius 3 is 2.38 bits per heavy atom. The third kappa shape index (κ3) is 5.22. The molecule has 0 unspecified atom stereocenters. The van der Waals surface area contributed by atoms with Crippen molar-refractivity contribution in [1.82, 2.24) is 4.90 Å². The zero-order valence-corrected chi connectivity index (χ0v) is 17.8. The van der Waals surface area contributed by atoms with E-state index >= 15 is 0 Å². The molecule has 2 nitrogen and oxygen atoms in total. The van der Waals surface area contributed by atoms with Crippen LogP contribution in [0.15, 0.2) is 46.7 Å². The van der Waals surface area contributed by atoms with Gasteiger partial charge in [-0.15, -0.1) is 0 Å². The summed E-state index contributed by atoms with van der Waals surface area (Å²) in [6.45, 7) is 8.74. The summed E-state index contributed by atoms with van der Waals surface area (Å²) in [5.74, 6) is 0. The predicted molar refractivity (Wildman–Crippen MR) is 115 cm³/mol. The lowest BCUT2D eigenvalue weighted by molar-refractivity contribution is -0.487. The first kappa shape index (κ1) is 20.7. The monoisotopic (exact) mass is 355 g/mol. The molecule has 0 saturated carbocycles. The number of nitrogens with zero attached hydrogens (tertiary/aromatic N) is 2. The maximum absolute atomic E-state index is 2.41. The molecule has 0 aromatic carbocycles. The van der Waals surface area contributed by atoms with Crippen LogP contribution in [0.5, 0.6) is 0 Å². The highest BCUT2D eigenvalue weighted by Crippen LogP contribution is 2.33. The van der Waals surface area contributed by atoms with Crippen LogP contribution in [-0.2, 0) is 0 Å². The lowest BCUT2D eigenvalue weighted by Crippen LogP contribution is -2.09. The molecule has 1 saturated heterocycles. The fourth-order valence-corrected chi connectivity index (χ4v) is 4.28. The maximum atomic E-state index is 2.41. The van der Waals surface area contributed by atoms with Crippen molar-refractivity contribution in [2.75, 3.05) is 27.2 Å². The van der Waals surface area contributed by atoms with E-state index in [9.17, 15) is 0 Å². The largest absolute Gasteiger partial charge is 0.378 e. The van der Waals surface area contributed by atoms with Crippen LogP contribution in [0.4, 0.5) is 0 Å². The average molecular weight is 356 g/mol. The Balaban J connectivity index is 0.00000117. The topological polar surface area (TPSA) is 6.25 Å². The van der Waals surface area contributed by atoms with Gasteiger partial charge in [0.05, 0.1) is 0 Å². The fourth-order valence-electron chi connectivity index (χ4n) is 4.28. The van der Waals surface area contributed by atoms with Crippen molar-refractivity contribution in [3.05, 3.63) is 46.7 Å². The second kappa shape index (κ2) is 10.5. The summed E-state index contributed by atoms with van der Waals surface area (Å²) in [5, 5.41) is 0. The van der Waals surface area contributed by atoms with Crippen LogP contribution in [0.3, 0.4) is 0 Å². The van der Waals surface area contributed by atoms with E-state index in [1.54, 1.807) is 16.7 Å². The van der Waals surface area contributed by atoms with Gasteiger partial charge in [0.15, 0.2) is 5.71 Å². The third-order valence-electron chi connectivity index (χ3n) is 5.81. The molecule has 1 fully saturated rings. The van der Waals surface area contributed by atoms with Gasteiger partial charge < -0.3 is 4.90 Å². The second-order valence-corrected chi connectivity index (χ2v) is 7.44. The molecule has 144 valence electrons. The number of hydrogen-bond donors (Lipinski definition) is 0. The van der Waals surface area contributed by atoms with Crippen LogP contribution < -0.4 is 0 Å². The van der Waals surface area contributed by atoms with Crippen molar-refractivity contribution >= 4 is 5.71 Å². The van der Waals surface area contributed by atoms with Crippen LogP contribution >= 0.6 is 0 Å². The molecule has 0 bridgehead atoms. The summed E-state index contributed by atoms with van der Waals surface area (Å²) in [5.41, 5.74) is 7.74. The summed E-state index contributed by atoms with van der Waals surface area (Å²) in [4.78, 5) is 2.41. The van der Waals surface area contributed by atoms with E-state index in [1.165, 1.54) is 69.4 Å². The molecule has 3 rings (SSSR count). The van der Waals surface area contributed by atoms with E-state index in [0.29, 0.717) is 0 Å². The van der Waals surface area contributed by atoms with Crippen molar-refractivity contribution in [2.45, 2.75) is 72.1 Å². The predicted octanol–water partition coefficient (Wildman–Crippen LogP) is 5.87. The number of hydrogen-bond acceptors (Lipinski definition) is 1. The molecule has 0 spiro atoms. The minimum absolute atomic E-state index is 1.15. The maximum Gasteiger partial charge on any atom is 0.176 e. The lowest BCUT2D eigenvalue weighted by Gasteiger charge is -2.21. The van der Waals surface area contributed by atoms with Crippen molar-refractivity contribution < 1.29 is 4.58 Å². The first-order chi connectivity index (χ1) is 12.7. The first-order valence-electron chi connectivity index (χ1n) is 10.8. The Labute approximate surface area is 161 Å². The van der Waals surface area contributed by atoms with Gasteiger partial charge in [-0.05, 0) is 61.3 Å². The SMILES string of the molecule is CC.CCC1=C(/C=C/C2=[N+](C)CCC2)CCCC1=C/C=C1\CCCN1C. The molecule has 26 heavy (non-hydrogen) atoms. The average Bonchev–Trinajstić information content (AvgIpc) is 3.27. The summed E-state index contributed by atoms with van der Waals surface area (Å²) in [6.07, 6.45) is 19.6. The van der Waals surface area contributed by atoms with Gasteiger partial charge in [-0.2, -0.15) is 0 Å². The van der Waals surface area contributed by atoms with Gasteiger partial charge in [0.1, 0.15) is 13.6 Å². The van der Waals surface area contributed by atoms with E-state index in [-0.39, 0.29) is 0 Å². The van der Waals surface area contributed by atoms with Gasteiger partial charge >= 0.3 is 0 Å². The molecule has 0 aromatic heterocycles. The molecule has 2 aliphatic heterocycles. The molecule has 2 heterocycles. The van der Waals surface area contributed by atoms with Gasteiger partial charge in [0, 0.05) is 38.2 Å². The molecular weight excluding hydrogens is 316 g/mol. The zero-order valence-electron chi connectivity index (χ0n) is 17.8. The van der Waals surface area contributed by atoms with Crippen LogP contribution in [0.2, 0.25) is 0 Å². The van der Waals surface area contributed by atoms with Crippen molar-refractivity contribution in [3.8, 4) is 0 Å². The highest BCUT2D eigenvalue weighted by molar-refractivity contribution is 5.91. The minimum Gasteiger partial charge on any atom is -0.378 e. The molecular formula is C24H39N2+. The molecule has 3 aliphatic rings. The minimum atomic E-state index is 1.15. The van der Waals surface area contributed by atoms with Crippen LogP contribution in [0.25, 0.3) is 0 Å². The van der Waals surface area contributed by atoms with Gasteiger partial charge in [0.2, 0.25) is 0 Å². The third-order valence-corrected chi connectivity index (χ3v) is 5.81. The van der Waals surface area contributed by atoms with Crippen molar-refractivity contribution in [1.29, 1.82) is 0 Å². The lowest BCUT2D eigenvalue weighted by atomic mass is 9.85. The molecule has 0 atom stereocenters. The summed E-state index contributed by atoms with van der Waals surface area (Å²) in [7, 11) is 4.44. The molecule has 0 N–H and O–H groups in total. The fraction of sp³-hybridized carbons (Fsp3) is 0.625. The normalized spacial score (nSPS) is 24.3. The Morgan fingerprint density at radius 1 is 0.962 bits per heavy atom. The quantitative estimate of drug-likeness (QED) is 0.571. The molecule has 0 aromatic rings. The Bertz CT molecular complexity index is 629. The van der Waals surface area contributed by atoms with E-state index in [4.69, 9.17) is 0 Å². The number of allylic oxidation sites excluding steroid dienone is 8. The molecule has 1 aliphatic carbocycles. The van der Waals surface area contributed by atoms with Crippen LogP contribution in [0, 0.1) is 0 Å².